The second-order valence-corrected chi connectivity index (χ2v) is 8.55. The molecule has 138 valence electrons. The van der Waals surface area contributed by atoms with Gasteiger partial charge in [-0.1, -0.05) is 12.8 Å². The Bertz CT molecular complexity index is 449. The maximum Gasteiger partial charge on any atom is 0.190 e. The fourth-order valence-electron chi connectivity index (χ4n) is 2.99. The molecule has 0 unspecified atom stereocenters. The van der Waals surface area contributed by atoms with Crippen molar-refractivity contribution in [3.05, 3.63) is 0 Å². The van der Waals surface area contributed by atoms with Crippen molar-refractivity contribution in [2.75, 3.05) is 45.9 Å². The Labute approximate surface area is 158 Å². The van der Waals surface area contributed by atoms with Crippen LogP contribution < -0.4 is 10.6 Å². The third kappa shape index (κ3) is 9.71. The van der Waals surface area contributed by atoms with E-state index in [0.717, 1.165) is 25.5 Å². The predicted octanol–water partition coefficient (Wildman–Crippen LogP) is 1.80. The number of hydrogen-bond donors (Lipinski definition) is 2. The van der Waals surface area contributed by atoms with Gasteiger partial charge in [0.15, 0.2) is 5.96 Å². The fourth-order valence-corrected chi connectivity index (χ4v) is 3.66. The summed E-state index contributed by atoms with van der Waals surface area (Å²) in [6.07, 6.45) is 7.95. The molecule has 0 aromatic heterocycles. The van der Waals surface area contributed by atoms with Crippen LogP contribution in [0.5, 0.6) is 0 Å². The van der Waals surface area contributed by atoms with E-state index in [1.807, 2.05) is 0 Å². The average molecular weight is 461 g/mol. The lowest BCUT2D eigenvalue weighted by Crippen LogP contribution is -2.43. The second kappa shape index (κ2) is 11.5. The second-order valence-electron chi connectivity index (χ2n) is 6.29. The molecule has 0 spiro atoms. The highest BCUT2D eigenvalue weighted by Gasteiger charge is 2.33. The number of hydrogen-bond acceptors (Lipinski definition) is 4. The first-order chi connectivity index (χ1) is 10.4. The maximum absolute atomic E-state index is 11.1. The van der Waals surface area contributed by atoms with Crippen LogP contribution in [0.3, 0.4) is 0 Å². The van der Waals surface area contributed by atoms with Crippen LogP contribution in [0.15, 0.2) is 4.99 Å². The van der Waals surface area contributed by atoms with E-state index in [2.05, 4.69) is 15.6 Å². The molecule has 0 saturated heterocycles. The van der Waals surface area contributed by atoms with Crippen LogP contribution in [0.25, 0.3) is 0 Å². The van der Waals surface area contributed by atoms with Gasteiger partial charge in [0.2, 0.25) is 0 Å². The number of guanidine groups is 1. The summed E-state index contributed by atoms with van der Waals surface area (Å²) >= 11 is 0. The van der Waals surface area contributed by atoms with Crippen molar-refractivity contribution in [1.29, 1.82) is 0 Å². The Morgan fingerprint density at radius 3 is 2.43 bits per heavy atom. The lowest BCUT2D eigenvalue weighted by Gasteiger charge is -2.29. The van der Waals surface area contributed by atoms with Crippen LogP contribution in [0.2, 0.25) is 0 Å². The molecule has 1 fully saturated rings. The van der Waals surface area contributed by atoms with Gasteiger partial charge in [0, 0.05) is 40.1 Å². The van der Waals surface area contributed by atoms with Crippen molar-refractivity contribution in [3.8, 4) is 0 Å². The molecule has 0 heterocycles. The molecule has 2 N–H and O–H groups in total. The molecule has 0 radical (unpaired) electrons. The van der Waals surface area contributed by atoms with Gasteiger partial charge in [0.25, 0.3) is 0 Å². The van der Waals surface area contributed by atoms with Crippen molar-refractivity contribution in [1.82, 2.24) is 10.6 Å². The topological polar surface area (TPSA) is 79.8 Å². The number of nitrogens with zero attached hydrogens (tertiary/aromatic N) is 1. The number of halogens is 1. The summed E-state index contributed by atoms with van der Waals surface area (Å²) in [4.78, 5) is 4.21. The molecule has 0 atom stereocenters. The molecule has 1 rings (SSSR count). The Balaban J connectivity index is 0.00000484. The predicted molar refractivity (Wildman–Crippen MR) is 107 cm³/mol. The molecule has 0 aromatic carbocycles. The van der Waals surface area contributed by atoms with E-state index in [1.165, 1.54) is 31.9 Å². The lowest BCUT2D eigenvalue weighted by molar-refractivity contribution is 0.138. The normalized spacial score (nSPS) is 17.6. The van der Waals surface area contributed by atoms with E-state index >= 15 is 0 Å². The van der Waals surface area contributed by atoms with Gasteiger partial charge in [-0.25, -0.2) is 8.42 Å². The number of methoxy groups -OCH3 is 1. The fraction of sp³-hybridized carbons (Fsp3) is 0.933. The first kappa shape index (κ1) is 22.9. The molecule has 23 heavy (non-hydrogen) atoms. The van der Waals surface area contributed by atoms with E-state index in [0.29, 0.717) is 18.4 Å². The molecular weight excluding hydrogens is 429 g/mol. The van der Waals surface area contributed by atoms with Crippen LogP contribution in [-0.2, 0) is 14.6 Å². The van der Waals surface area contributed by atoms with Gasteiger partial charge in [-0.15, -0.1) is 24.0 Å². The van der Waals surface area contributed by atoms with Crippen LogP contribution in [0, 0.1) is 5.41 Å². The lowest BCUT2D eigenvalue weighted by atomic mass is 9.83. The van der Waals surface area contributed by atoms with Gasteiger partial charge in [-0.3, -0.25) is 4.99 Å². The Hall–Kier alpha value is -0.0900. The minimum Gasteiger partial charge on any atom is -0.385 e. The zero-order chi connectivity index (χ0) is 16.5. The van der Waals surface area contributed by atoms with Gasteiger partial charge < -0.3 is 15.4 Å². The van der Waals surface area contributed by atoms with E-state index in [4.69, 9.17) is 4.74 Å². The monoisotopic (exact) mass is 461 g/mol. The summed E-state index contributed by atoms with van der Waals surface area (Å²) < 4.78 is 27.4. The Morgan fingerprint density at radius 1 is 1.26 bits per heavy atom. The van der Waals surface area contributed by atoms with E-state index < -0.39 is 9.84 Å². The summed E-state index contributed by atoms with van der Waals surface area (Å²) in [5.74, 6) is 0.951. The van der Waals surface area contributed by atoms with Gasteiger partial charge in [-0.2, -0.15) is 0 Å². The minimum atomic E-state index is -2.89. The Morgan fingerprint density at radius 2 is 1.91 bits per heavy atom. The molecule has 8 heteroatoms. The van der Waals surface area contributed by atoms with Crippen LogP contribution in [-0.4, -0.2) is 60.2 Å². The highest BCUT2D eigenvalue weighted by molar-refractivity contribution is 14.0. The molecule has 1 aliphatic rings. The molecule has 0 aromatic rings. The summed E-state index contributed by atoms with van der Waals surface area (Å²) in [5.41, 5.74) is 0.306. The van der Waals surface area contributed by atoms with Crippen LogP contribution >= 0.6 is 24.0 Å². The summed E-state index contributed by atoms with van der Waals surface area (Å²) in [6, 6.07) is 0. The Kier molecular flexibility index (Phi) is 11.4. The molecule has 1 aliphatic carbocycles. The molecule has 0 amide bonds. The first-order valence-electron chi connectivity index (χ1n) is 8.02. The molecular formula is C15H32IN3O3S. The number of sulfone groups is 1. The van der Waals surface area contributed by atoms with Gasteiger partial charge in [0.05, 0.1) is 5.75 Å². The number of nitrogens with one attached hydrogen (secondary N) is 2. The van der Waals surface area contributed by atoms with E-state index in [1.54, 1.807) is 14.2 Å². The third-order valence-corrected chi connectivity index (χ3v) is 5.37. The average Bonchev–Trinajstić information content (AvgIpc) is 2.92. The largest absolute Gasteiger partial charge is 0.385 e. The van der Waals surface area contributed by atoms with Crippen molar-refractivity contribution < 1.29 is 13.2 Å². The summed E-state index contributed by atoms with van der Waals surface area (Å²) in [5, 5.41) is 6.58. The van der Waals surface area contributed by atoms with Crippen LogP contribution in [0.1, 0.15) is 38.5 Å². The minimum absolute atomic E-state index is 0. The molecule has 0 bridgehead atoms. The first-order valence-corrected chi connectivity index (χ1v) is 10.1. The smallest absolute Gasteiger partial charge is 0.190 e. The zero-order valence-corrected chi connectivity index (χ0v) is 17.7. The van der Waals surface area contributed by atoms with Crippen molar-refractivity contribution in [3.63, 3.8) is 0 Å². The van der Waals surface area contributed by atoms with Crippen molar-refractivity contribution in [2.45, 2.75) is 38.5 Å². The maximum atomic E-state index is 11.1. The molecule has 6 nitrogen and oxygen atoms in total. The van der Waals surface area contributed by atoms with Gasteiger partial charge in [-0.05, 0) is 31.1 Å². The van der Waals surface area contributed by atoms with Crippen LogP contribution in [0.4, 0.5) is 0 Å². The molecule has 1 saturated carbocycles. The quantitative estimate of drug-likeness (QED) is 0.237. The SMILES string of the molecule is CN=C(NCCCS(C)(=O)=O)NCC1(CCOC)CCCC1.I. The van der Waals surface area contributed by atoms with Crippen molar-refractivity contribution >= 4 is 39.8 Å². The van der Waals surface area contributed by atoms with Crippen molar-refractivity contribution in [2.24, 2.45) is 10.4 Å². The summed E-state index contributed by atoms with van der Waals surface area (Å²) in [6.45, 7) is 2.29. The highest BCUT2D eigenvalue weighted by Crippen LogP contribution is 2.40. The third-order valence-electron chi connectivity index (χ3n) is 4.34. The number of rotatable bonds is 9. The van der Waals surface area contributed by atoms with Gasteiger partial charge >= 0.3 is 0 Å². The highest BCUT2D eigenvalue weighted by atomic mass is 127. The summed E-state index contributed by atoms with van der Waals surface area (Å²) in [7, 11) is 0.598. The van der Waals surface area contributed by atoms with E-state index in [9.17, 15) is 8.42 Å². The standard InChI is InChI=1S/C15H31N3O3S.HI/c1-16-14(17-10-6-12-22(3,19)20)18-13-15(9-11-21-2)7-4-5-8-15;/h4-13H2,1-3H3,(H2,16,17,18);1H. The zero-order valence-electron chi connectivity index (χ0n) is 14.6. The van der Waals surface area contributed by atoms with Gasteiger partial charge in [0.1, 0.15) is 9.84 Å². The number of aliphatic imine (C=N–C) groups is 1. The van der Waals surface area contributed by atoms with E-state index in [-0.39, 0.29) is 29.7 Å². The number of ether oxygens (including phenoxy) is 1. The molecule has 0 aliphatic heterocycles.